The zero-order chi connectivity index (χ0) is 15.8. The number of esters is 1. The van der Waals surface area contributed by atoms with Crippen LogP contribution >= 0.6 is 0 Å². The van der Waals surface area contributed by atoms with E-state index in [2.05, 4.69) is 10.5 Å². The highest BCUT2D eigenvalue weighted by Crippen LogP contribution is 2.17. The zero-order valence-corrected chi connectivity index (χ0v) is 12.1. The summed E-state index contributed by atoms with van der Waals surface area (Å²) in [6.07, 6.45) is 2.12. The van der Waals surface area contributed by atoms with Gasteiger partial charge in [-0.2, -0.15) is 5.10 Å². The lowest BCUT2D eigenvalue weighted by atomic mass is 10.0. The molecule has 0 heterocycles. The van der Waals surface area contributed by atoms with Crippen molar-refractivity contribution in [2.75, 3.05) is 0 Å². The number of hydrogen-bond donors (Lipinski definition) is 3. The van der Waals surface area contributed by atoms with E-state index in [0.29, 0.717) is 11.3 Å². The summed E-state index contributed by atoms with van der Waals surface area (Å²) < 4.78 is 5.29. The Morgan fingerprint density at radius 1 is 1.43 bits per heavy atom. The summed E-state index contributed by atoms with van der Waals surface area (Å²) in [4.78, 5) is 22.5. The van der Waals surface area contributed by atoms with Gasteiger partial charge in [-0.25, -0.2) is 15.0 Å². The smallest absolute Gasteiger partial charge is 0.332 e. The van der Waals surface area contributed by atoms with E-state index in [1.807, 2.05) is 13.8 Å². The van der Waals surface area contributed by atoms with Crippen molar-refractivity contribution in [2.24, 2.45) is 22.5 Å². The van der Waals surface area contributed by atoms with E-state index in [-0.39, 0.29) is 5.92 Å². The van der Waals surface area contributed by atoms with Gasteiger partial charge in [-0.1, -0.05) is 32.4 Å². The maximum absolute atomic E-state index is 12.0. The molecule has 0 aliphatic heterocycles. The minimum atomic E-state index is -0.778. The quantitative estimate of drug-likeness (QED) is 0.313. The highest BCUT2D eigenvalue weighted by atomic mass is 16.5. The molecule has 0 saturated heterocycles. The fourth-order valence-electron chi connectivity index (χ4n) is 1.51. The van der Waals surface area contributed by atoms with Crippen LogP contribution in [0.3, 0.4) is 0 Å². The number of para-hydroxylation sites is 1. The second-order valence-electron chi connectivity index (χ2n) is 4.60. The van der Waals surface area contributed by atoms with Crippen LogP contribution in [-0.2, 0) is 4.79 Å². The third-order valence-electron chi connectivity index (χ3n) is 3.04. The van der Waals surface area contributed by atoms with Crippen LogP contribution < -0.4 is 21.6 Å². The fourth-order valence-corrected chi connectivity index (χ4v) is 1.51. The molecule has 5 N–H and O–H groups in total. The van der Waals surface area contributed by atoms with Crippen LogP contribution in [0.1, 0.15) is 25.8 Å². The van der Waals surface area contributed by atoms with E-state index >= 15 is 0 Å². The summed E-state index contributed by atoms with van der Waals surface area (Å²) in [5.41, 5.74) is 13.3. The van der Waals surface area contributed by atoms with Gasteiger partial charge in [0.15, 0.2) is 0 Å². The first-order valence-electron chi connectivity index (χ1n) is 6.60. The molecule has 1 aromatic carbocycles. The number of hydrogen-bond acceptors (Lipinski definition) is 5. The average Bonchev–Trinajstić information content (AvgIpc) is 2.47. The number of carbonyl (C=O) groups is 2. The average molecular weight is 292 g/mol. The van der Waals surface area contributed by atoms with Gasteiger partial charge in [0.25, 0.3) is 0 Å². The second-order valence-corrected chi connectivity index (χ2v) is 4.60. The fraction of sp³-hybridized carbons (Fsp3) is 0.357. The minimum absolute atomic E-state index is 0.0230. The van der Waals surface area contributed by atoms with E-state index in [1.165, 1.54) is 6.21 Å². The molecule has 0 bridgehead atoms. The molecular formula is C14H20N4O3. The summed E-state index contributed by atoms with van der Waals surface area (Å²) in [5.74, 6) is -0.167. The standard InChI is InChI=1S/C14H20N4O3/c1-3-9(2)12(15)13(19)21-11-7-5-4-6-10(11)8-17-18-14(16)20/h4-9,12H,3,15H2,1-2H3,(H3,16,18,20)/b17-8+/t9-,12-/m0/s1. The number of hydrazone groups is 1. The molecule has 2 atom stereocenters. The summed E-state index contributed by atoms with van der Waals surface area (Å²) in [7, 11) is 0. The van der Waals surface area contributed by atoms with Crippen molar-refractivity contribution >= 4 is 18.2 Å². The number of nitrogens with one attached hydrogen (secondary N) is 1. The Morgan fingerprint density at radius 3 is 2.71 bits per heavy atom. The predicted molar refractivity (Wildman–Crippen MR) is 79.8 cm³/mol. The van der Waals surface area contributed by atoms with Crippen molar-refractivity contribution in [2.45, 2.75) is 26.3 Å². The minimum Gasteiger partial charge on any atom is -0.425 e. The van der Waals surface area contributed by atoms with Crippen molar-refractivity contribution in [1.29, 1.82) is 0 Å². The van der Waals surface area contributed by atoms with Crippen LogP contribution in [0.15, 0.2) is 29.4 Å². The molecule has 21 heavy (non-hydrogen) atoms. The van der Waals surface area contributed by atoms with Gasteiger partial charge in [0.05, 0.1) is 6.21 Å². The molecule has 0 fully saturated rings. The van der Waals surface area contributed by atoms with E-state index in [1.54, 1.807) is 24.3 Å². The number of rotatable bonds is 6. The summed E-state index contributed by atoms with van der Waals surface area (Å²) in [5, 5.41) is 3.63. The Bertz CT molecular complexity index is 531. The Kier molecular flexibility index (Phi) is 6.35. The van der Waals surface area contributed by atoms with Gasteiger partial charge < -0.3 is 16.2 Å². The number of carbonyl (C=O) groups excluding carboxylic acids is 2. The van der Waals surface area contributed by atoms with Gasteiger partial charge in [0.2, 0.25) is 0 Å². The van der Waals surface area contributed by atoms with Gasteiger partial charge in [-0.3, -0.25) is 0 Å². The number of nitrogens with zero attached hydrogens (tertiary/aromatic N) is 1. The number of amides is 2. The van der Waals surface area contributed by atoms with E-state index in [9.17, 15) is 9.59 Å². The van der Waals surface area contributed by atoms with Crippen LogP contribution in [0.25, 0.3) is 0 Å². The molecule has 0 saturated carbocycles. The van der Waals surface area contributed by atoms with Gasteiger partial charge in [0, 0.05) is 5.56 Å². The lowest BCUT2D eigenvalue weighted by molar-refractivity contribution is -0.137. The summed E-state index contributed by atoms with van der Waals surface area (Å²) >= 11 is 0. The van der Waals surface area contributed by atoms with E-state index in [4.69, 9.17) is 16.2 Å². The normalized spacial score (nSPS) is 13.7. The molecule has 0 aromatic heterocycles. The van der Waals surface area contributed by atoms with Crippen molar-refractivity contribution in [3.05, 3.63) is 29.8 Å². The first-order chi connectivity index (χ1) is 9.95. The molecule has 0 aliphatic carbocycles. The second kappa shape index (κ2) is 8.01. The highest BCUT2D eigenvalue weighted by molar-refractivity contribution is 5.87. The molecular weight excluding hydrogens is 272 g/mol. The monoisotopic (exact) mass is 292 g/mol. The first-order valence-corrected chi connectivity index (χ1v) is 6.60. The summed E-state index contributed by atoms with van der Waals surface area (Å²) in [6, 6.07) is 5.30. The summed E-state index contributed by atoms with van der Waals surface area (Å²) in [6.45, 7) is 3.84. The van der Waals surface area contributed by atoms with Gasteiger partial charge in [-0.15, -0.1) is 0 Å². The van der Waals surface area contributed by atoms with Crippen molar-refractivity contribution < 1.29 is 14.3 Å². The van der Waals surface area contributed by atoms with Crippen LogP contribution in [0.5, 0.6) is 5.75 Å². The first kappa shape index (κ1) is 16.6. The van der Waals surface area contributed by atoms with Gasteiger partial charge in [0.1, 0.15) is 11.8 Å². The highest BCUT2D eigenvalue weighted by Gasteiger charge is 2.22. The third kappa shape index (κ3) is 5.23. The number of ether oxygens (including phenoxy) is 1. The van der Waals surface area contributed by atoms with Crippen molar-refractivity contribution in [3.63, 3.8) is 0 Å². The Morgan fingerprint density at radius 2 is 2.10 bits per heavy atom. The molecule has 7 nitrogen and oxygen atoms in total. The zero-order valence-electron chi connectivity index (χ0n) is 12.1. The Hall–Kier alpha value is -2.41. The third-order valence-corrected chi connectivity index (χ3v) is 3.04. The van der Waals surface area contributed by atoms with Crippen LogP contribution in [-0.4, -0.2) is 24.3 Å². The largest absolute Gasteiger partial charge is 0.425 e. The van der Waals surface area contributed by atoms with E-state index < -0.39 is 18.0 Å². The lowest BCUT2D eigenvalue weighted by Gasteiger charge is -2.17. The molecule has 1 rings (SSSR count). The number of nitrogens with two attached hydrogens (primary N) is 2. The van der Waals surface area contributed by atoms with E-state index in [0.717, 1.165) is 6.42 Å². The molecule has 7 heteroatoms. The van der Waals surface area contributed by atoms with Crippen LogP contribution in [0.4, 0.5) is 4.79 Å². The predicted octanol–water partition coefficient (Wildman–Crippen LogP) is 0.968. The lowest BCUT2D eigenvalue weighted by Crippen LogP contribution is -2.39. The maximum atomic E-state index is 12.0. The molecule has 2 amide bonds. The van der Waals surface area contributed by atoms with Crippen molar-refractivity contribution in [3.8, 4) is 5.75 Å². The number of primary amides is 1. The molecule has 1 aromatic rings. The van der Waals surface area contributed by atoms with Gasteiger partial charge in [-0.05, 0) is 18.1 Å². The number of urea groups is 1. The molecule has 0 aliphatic rings. The van der Waals surface area contributed by atoms with Gasteiger partial charge >= 0.3 is 12.0 Å². The topological polar surface area (TPSA) is 120 Å². The Labute approximate surface area is 123 Å². The molecule has 0 unspecified atom stereocenters. The van der Waals surface area contributed by atoms with Crippen LogP contribution in [0, 0.1) is 5.92 Å². The maximum Gasteiger partial charge on any atom is 0.332 e. The molecule has 114 valence electrons. The van der Waals surface area contributed by atoms with Crippen molar-refractivity contribution in [1.82, 2.24) is 5.43 Å². The Balaban J connectivity index is 2.81. The number of benzene rings is 1. The molecule has 0 radical (unpaired) electrons. The van der Waals surface area contributed by atoms with Crippen LogP contribution in [0.2, 0.25) is 0 Å². The molecule has 0 spiro atoms. The SMILES string of the molecule is CC[C@H](C)[C@H](N)C(=O)Oc1ccccc1/C=N/NC(N)=O.